The van der Waals surface area contributed by atoms with Crippen LogP contribution in [-0.2, 0) is 26.6 Å². The van der Waals surface area contributed by atoms with Crippen molar-refractivity contribution in [1.82, 2.24) is 4.72 Å². The van der Waals surface area contributed by atoms with Gasteiger partial charge >= 0.3 is 0 Å². The van der Waals surface area contributed by atoms with Crippen molar-refractivity contribution in [1.29, 1.82) is 0 Å². The van der Waals surface area contributed by atoms with Crippen LogP contribution >= 0.6 is 11.6 Å². The lowest BCUT2D eigenvalue weighted by Crippen LogP contribution is -2.49. The molecule has 0 bridgehead atoms. The summed E-state index contributed by atoms with van der Waals surface area (Å²) in [6.45, 7) is 7.95. The van der Waals surface area contributed by atoms with Crippen LogP contribution in [0.3, 0.4) is 0 Å². The highest BCUT2D eigenvalue weighted by molar-refractivity contribution is 7.90. The Morgan fingerprint density at radius 1 is 1.23 bits per heavy atom. The molecule has 1 spiro atoms. The molecule has 0 saturated heterocycles. The molecule has 48 heavy (non-hydrogen) atoms. The lowest BCUT2D eigenvalue weighted by atomic mass is 9.68. The van der Waals surface area contributed by atoms with E-state index in [1.807, 2.05) is 12.1 Å². The number of nitrogens with one attached hydrogen (secondary N) is 1. The number of nitrogens with zero attached hydrogens (tertiary/aromatic N) is 1. The Balaban J connectivity index is 1.46. The largest absolute Gasteiger partial charge is 0.490 e. The number of carbonyl (C=O) groups is 1. The van der Waals surface area contributed by atoms with Crippen LogP contribution in [0.25, 0.3) is 0 Å². The van der Waals surface area contributed by atoms with Gasteiger partial charge in [-0.15, -0.1) is 6.58 Å². The van der Waals surface area contributed by atoms with Crippen LogP contribution < -0.4 is 14.4 Å². The van der Waals surface area contributed by atoms with Gasteiger partial charge in [-0.05, 0) is 111 Å². The number of amides is 1. The first-order chi connectivity index (χ1) is 23.1. The van der Waals surface area contributed by atoms with Crippen molar-refractivity contribution in [2.24, 2.45) is 11.8 Å². The average Bonchev–Trinajstić information content (AvgIpc) is 3.19. The van der Waals surface area contributed by atoms with Crippen molar-refractivity contribution in [2.75, 3.05) is 38.3 Å². The topological polar surface area (TPSA) is 105 Å². The number of halogens is 1. The van der Waals surface area contributed by atoms with Gasteiger partial charge in [0.25, 0.3) is 5.91 Å². The number of hydrogen-bond acceptors (Lipinski definition) is 7. The Kier molecular flexibility index (Phi) is 12.3. The summed E-state index contributed by atoms with van der Waals surface area (Å²) in [7, 11) is -2.45. The Hall–Kier alpha value is -2.85. The van der Waals surface area contributed by atoms with Crippen molar-refractivity contribution in [3.8, 4) is 5.75 Å². The summed E-state index contributed by atoms with van der Waals surface area (Å²) in [4.78, 5) is 15.9. The number of anilines is 1. The van der Waals surface area contributed by atoms with Gasteiger partial charge in [-0.2, -0.15) is 0 Å². The molecule has 2 aromatic rings. The molecule has 1 heterocycles. The lowest BCUT2D eigenvalue weighted by molar-refractivity contribution is 0.0456. The second-order valence-electron chi connectivity index (χ2n) is 13.7. The van der Waals surface area contributed by atoms with Gasteiger partial charge in [-0.25, -0.2) is 13.1 Å². The molecule has 1 amide bonds. The predicted octanol–water partition coefficient (Wildman–Crippen LogP) is 6.99. The zero-order chi connectivity index (χ0) is 34.3. The number of allylic oxidation sites excluding steroid dienone is 2. The number of carbonyl (C=O) groups excluding carboxylic acids is 1. The van der Waals surface area contributed by atoms with Crippen molar-refractivity contribution in [3.05, 3.63) is 82.9 Å². The maximum absolute atomic E-state index is 13.6. The molecule has 3 aliphatic rings. The van der Waals surface area contributed by atoms with E-state index in [9.17, 15) is 18.3 Å². The van der Waals surface area contributed by atoms with Crippen molar-refractivity contribution in [2.45, 2.75) is 87.9 Å². The van der Waals surface area contributed by atoms with Crippen LogP contribution in [0.2, 0.25) is 5.02 Å². The maximum atomic E-state index is 13.6. The van der Waals surface area contributed by atoms with Crippen LogP contribution in [0, 0.1) is 11.8 Å². The smallest absolute Gasteiger partial charge is 0.264 e. The predicted molar refractivity (Wildman–Crippen MR) is 193 cm³/mol. The monoisotopic (exact) mass is 698 g/mol. The third-order valence-electron chi connectivity index (χ3n) is 10.5. The van der Waals surface area contributed by atoms with Gasteiger partial charge in [0.2, 0.25) is 10.0 Å². The van der Waals surface area contributed by atoms with Crippen LogP contribution in [0.15, 0.2) is 61.2 Å². The summed E-state index contributed by atoms with van der Waals surface area (Å²) in [5, 5.41) is 11.0. The van der Waals surface area contributed by atoms with E-state index in [0.717, 1.165) is 55.7 Å². The quantitative estimate of drug-likeness (QED) is 0.193. The molecule has 5 rings (SSSR count). The molecule has 262 valence electrons. The molecule has 0 radical (unpaired) electrons. The Labute approximate surface area is 291 Å². The highest BCUT2D eigenvalue weighted by Gasteiger charge is 2.44. The zero-order valence-electron chi connectivity index (χ0n) is 28.3. The third-order valence-corrected chi connectivity index (χ3v) is 12.5. The maximum Gasteiger partial charge on any atom is 0.264 e. The average molecular weight is 699 g/mol. The fraction of sp³-hybridized carbons (Fsp3) is 0.553. The number of rotatable bonds is 15. The molecule has 2 N–H and O–H groups in total. The molecular weight excluding hydrogens is 648 g/mol. The van der Waals surface area contributed by atoms with Gasteiger partial charge < -0.3 is 19.5 Å². The number of aliphatic hydroxyl groups excluding tert-OH is 1. The third kappa shape index (κ3) is 8.29. The molecule has 10 heteroatoms. The van der Waals surface area contributed by atoms with Crippen LogP contribution in [0.5, 0.6) is 5.75 Å². The second-order valence-corrected chi connectivity index (χ2v) is 16.1. The molecule has 5 atom stereocenters. The minimum Gasteiger partial charge on any atom is -0.490 e. The number of aryl methyl sites for hydroxylation is 1. The fourth-order valence-corrected chi connectivity index (χ4v) is 9.22. The lowest BCUT2D eigenvalue weighted by Gasteiger charge is -2.45. The summed E-state index contributed by atoms with van der Waals surface area (Å²) in [6, 6.07) is 11.3. The minimum atomic E-state index is -3.97. The fourth-order valence-electron chi connectivity index (χ4n) is 7.63. The van der Waals surface area contributed by atoms with Gasteiger partial charge in [0.1, 0.15) is 5.75 Å². The molecule has 0 aromatic heterocycles. The molecule has 1 aliphatic heterocycles. The summed E-state index contributed by atoms with van der Waals surface area (Å²) in [6.07, 6.45) is 13.2. The Morgan fingerprint density at radius 3 is 2.79 bits per heavy atom. The molecule has 2 aromatic carbocycles. The molecule has 1 saturated carbocycles. The van der Waals surface area contributed by atoms with Crippen LogP contribution in [-0.4, -0.2) is 64.2 Å². The highest BCUT2D eigenvalue weighted by atomic mass is 35.5. The van der Waals surface area contributed by atoms with Gasteiger partial charge in [0.15, 0.2) is 0 Å². The van der Waals surface area contributed by atoms with Crippen LogP contribution in [0.1, 0.15) is 86.2 Å². The van der Waals surface area contributed by atoms with E-state index in [1.165, 1.54) is 18.2 Å². The van der Waals surface area contributed by atoms with E-state index in [-0.39, 0.29) is 35.8 Å². The summed E-state index contributed by atoms with van der Waals surface area (Å²) in [5.41, 5.74) is 3.21. The number of unbranched alkanes of at least 4 members (excludes halogenated alkanes) is 1. The summed E-state index contributed by atoms with van der Waals surface area (Å²) >= 11 is 6.42. The molecule has 8 nitrogen and oxygen atoms in total. The number of methoxy groups -OCH3 is 1. The van der Waals surface area contributed by atoms with Gasteiger partial charge in [0, 0.05) is 42.8 Å². The van der Waals surface area contributed by atoms with E-state index in [4.69, 9.17) is 21.1 Å². The van der Waals surface area contributed by atoms with Crippen molar-refractivity contribution < 1.29 is 27.8 Å². The van der Waals surface area contributed by atoms with Gasteiger partial charge in [0.05, 0.1) is 23.6 Å². The Bertz CT molecular complexity index is 1580. The number of sulfonamides is 1. The van der Waals surface area contributed by atoms with Crippen molar-refractivity contribution in [3.63, 3.8) is 0 Å². The van der Waals surface area contributed by atoms with E-state index in [1.54, 1.807) is 24.3 Å². The van der Waals surface area contributed by atoms with E-state index in [0.29, 0.717) is 38.3 Å². The number of aliphatic hydroxyl groups is 1. The summed E-state index contributed by atoms with van der Waals surface area (Å²) in [5.74, 6) is 0.395. The van der Waals surface area contributed by atoms with Gasteiger partial charge in [-0.3, -0.25) is 4.79 Å². The van der Waals surface area contributed by atoms with E-state index < -0.39 is 27.3 Å². The number of benzene rings is 2. The number of ether oxygens (including phenoxy) is 2. The SMILES string of the molecule is C=CCCC(CCOC)S(=O)(=O)NC(=O)c1ccc2c(c1)N(C[C@@H]1CC[C@H]1C(O)/C=C/CCC)C[C@@]1(CCCc3cc(Cl)ccc31)CO2. The Morgan fingerprint density at radius 2 is 2.06 bits per heavy atom. The second kappa shape index (κ2) is 16.2. The molecular formula is C38H51ClN2O6S. The number of hydrogen-bond donors (Lipinski definition) is 2. The van der Waals surface area contributed by atoms with E-state index >= 15 is 0 Å². The van der Waals surface area contributed by atoms with E-state index in [2.05, 4.69) is 41.3 Å². The molecule has 1 fully saturated rings. The first-order valence-electron chi connectivity index (χ1n) is 17.4. The zero-order valence-corrected chi connectivity index (χ0v) is 29.9. The standard InChI is InChI=1S/C38H51ClN2O6S/c1-4-6-8-12-35(42)32-16-13-29(32)24-41-25-38(20-9-10-27-22-30(39)15-17-33(27)38)26-47-36-18-14-28(23-34(36)41)37(43)40-48(44,45)31(11-7-5-2)19-21-46-3/h5,8,12,14-15,17-18,22-23,29,31-32,35,42H,2,4,6-7,9-11,13,16,19-21,24-26H2,1,3H3,(H,40,43)/b12-8+/t29-,31?,32+,35?,38-/m0/s1. The van der Waals surface area contributed by atoms with Gasteiger partial charge in [-0.1, -0.05) is 49.2 Å². The molecule has 2 aliphatic carbocycles. The highest BCUT2D eigenvalue weighted by Crippen LogP contribution is 2.46. The summed E-state index contributed by atoms with van der Waals surface area (Å²) < 4.78 is 40.8. The van der Waals surface area contributed by atoms with Crippen LogP contribution in [0.4, 0.5) is 5.69 Å². The number of fused-ring (bicyclic) bond motifs is 3. The first kappa shape index (κ1) is 36.4. The first-order valence-corrected chi connectivity index (χ1v) is 19.3. The minimum absolute atomic E-state index is 0.148. The normalized spacial score (nSPS) is 23.4. The van der Waals surface area contributed by atoms with Crippen molar-refractivity contribution >= 4 is 33.2 Å². The molecule has 2 unspecified atom stereocenters.